The van der Waals surface area contributed by atoms with Crippen LogP contribution in [-0.2, 0) is 0 Å². The highest BCUT2D eigenvalue weighted by Gasteiger charge is 2.01. The molecule has 0 saturated carbocycles. The summed E-state index contributed by atoms with van der Waals surface area (Å²) in [5.41, 5.74) is 0.731. The number of nitrogens with zero attached hydrogens (tertiary/aromatic N) is 1. The number of hydrogen-bond donors (Lipinski definition) is 1. The highest BCUT2D eigenvalue weighted by Crippen LogP contribution is 2.22. The lowest BCUT2D eigenvalue weighted by molar-refractivity contribution is 0.472. The molecule has 0 bridgehead atoms. The Bertz CT molecular complexity index is 422. The standard InChI is InChI=1S/C10H8ClNO/c11-8-5-6-12(7-8)9-3-1-2-4-10(9)13/h1-7,13H. The normalized spacial score (nSPS) is 10.2. The molecule has 2 rings (SSSR count). The number of hydrogen-bond acceptors (Lipinski definition) is 1. The first-order chi connectivity index (χ1) is 6.27. The molecule has 1 N–H and O–H groups in total. The summed E-state index contributed by atoms with van der Waals surface area (Å²) in [5, 5.41) is 10.2. The van der Waals surface area contributed by atoms with Crippen LogP contribution in [0.1, 0.15) is 0 Å². The summed E-state index contributed by atoms with van der Waals surface area (Å²) in [6.45, 7) is 0. The van der Waals surface area contributed by atoms with Gasteiger partial charge in [-0.2, -0.15) is 0 Å². The fraction of sp³-hybridized carbons (Fsp3) is 0. The van der Waals surface area contributed by atoms with Gasteiger partial charge in [0.05, 0.1) is 10.7 Å². The highest BCUT2D eigenvalue weighted by atomic mass is 35.5. The molecule has 0 atom stereocenters. The molecule has 1 aromatic carbocycles. The molecule has 13 heavy (non-hydrogen) atoms. The van der Waals surface area contributed by atoms with E-state index in [0.717, 1.165) is 5.69 Å². The van der Waals surface area contributed by atoms with Crippen molar-refractivity contribution in [3.05, 3.63) is 47.7 Å². The maximum atomic E-state index is 9.51. The fourth-order valence-electron chi connectivity index (χ4n) is 1.20. The number of rotatable bonds is 1. The monoisotopic (exact) mass is 193 g/mol. The average molecular weight is 194 g/mol. The minimum atomic E-state index is 0.245. The van der Waals surface area contributed by atoms with E-state index in [0.29, 0.717) is 5.02 Å². The summed E-state index contributed by atoms with van der Waals surface area (Å²) in [6.07, 6.45) is 3.55. The SMILES string of the molecule is Oc1ccccc1-n1ccc(Cl)c1. The molecule has 0 aliphatic carbocycles. The Labute approximate surface area is 81.0 Å². The smallest absolute Gasteiger partial charge is 0.139 e. The maximum absolute atomic E-state index is 9.51. The first kappa shape index (κ1) is 8.20. The van der Waals surface area contributed by atoms with Crippen LogP contribution < -0.4 is 0 Å². The Balaban J connectivity index is 2.52. The van der Waals surface area contributed by atoms with Crippen molar-refractivity contribution >= 4 is 11.6 Å². The van der Waals surface area contributed by atoms with Crippen LogP contribution >= 0.6 is 11.6 Å². The van der Waals surface area contributed by atoms with E-state index < -0.39 is 0 Å². The maximum Gasteiger partial charge on any atom is 0.139 e. The van der Waals surface area contributed by atoms with Crippen molar-refractivity contribution in [1.29, 1.82) is 0 Å². The van der Waals surface area contributed by atoms with Gasteiger partial charge in [0.2, 0.25) is 0 Å². The van der Waals surface area contributed by atoms with Crippen molar-refractivity contribution in [1.82, 2.24) is 4.57 Å². The molecular weight excluding hydrogens is 186 g/mol. The Hall–Kier alpha value is -1.41. The second-order valence-corrected chi connectivity index (χ2v) is 3.16. The van der Waals surface area contributed by atoms with Gasteiger partial charge in [-0.05, 0) is 18.2 Å². The van der Waals surface area contributed by atoms with Crippen LogP contribution in [0, 0.1) is 0 Å². The van der Waals surface area contributed by atoms with Crippen LogP contribution in [0.2, 0.25) is 5.02 Å². The lowest BCUT2D eigenvalue weighted by Gasteiger charge is -2.03. The molecule has 66 valence electrons. The van der Waals surface area contributed by atoms with Crippen molar-refractivity contribution in [3.8, 4) is 11.4 Å². The van der Waals surface area contributed by atoms with Crippen LogP contribution in [0.5, 0.6) is 5.75 Å². The molecule has 0 radical (unpaired) electrons. The molecule has 0 saturated heterocycles. The zero-order valence-electron chi connectivity index (χ0n) is 6.81. The minimum absolute atomic E-state index is 0.245. The third kappa shape index (κ3) is 1.53. The van der Waals surface area contributed by atoms with E-state index in [9.17, 15) is 5.11 Å². The van der Waals surface area contributed by atoms with Gasteiger partial charge in [-0.3, -0.25) is 0 Å². The van der Waals surface area contributed by atoms with Gasteiger partial charge >= 0.3 is 0 Å². The van der Waals surface area contributed by atoms with E-state index in [1.807, 2.05) is 12.1 Å². The van der Waals surface area contributed by atoms with Crippen molar-refractivity contribution in [3.63, 3.8) is 0 Å². The second-order valence-electron chi connectivity index (χ2n) is 2.73. The third-order valence-electron chi connectivity index (χ3n) is 1.82. The number of phenolic OH excluding ortho intramolecular Hbond substituents is 1. The third-order valence-corrected chi connectivity index (χ3v) is 2.04. The quantitative estimate of drug-likeness (QED) is 0.740. The lowest BCUT2D eigenvalue weighted by atomic mass is 10.3. The predicted molar refractivity (Wildman–Crippen MR) is 52.4 cm³/mol. The number of aromatic nitrogens is 1. The van der Waals surface area contributed by atoms with E-state index >= 15 is 0 Å². The molecule has 0 unspecified atom stereocenters. The first-order valence-electron chi connectivity index (χ1n) is 3.89. The van der Waals surface area contributed by atoms with Gasteiger partial charge in [-0.1, -0.05) is 23.7 Å². The zero-order valence-corrected chi connectivity index (χ0v) is 7.57. The van der Waals surface area contributed by atoms with E-state index in [-0.39, 0.29) is 5.75 Å². The molecular formula is C10H8ClNO. The van der Waals surface area contributed by atoms with Crippen LogP contribution in [-0.4, -0.2) is 9.67 Å². The Morgan fingerprint density at radius 1 is 1.15 bits per heavy atom. The number of para-hydroxylation sites is 2. The van der Waals surface area contributed by atoms with E-state index in [1.165, 1.54) is 0 Å². The van der Waals surface area contributed by atoms with Gasteiger partial charge < -0.3 is 9.67 Å². The molecule has 2 nitrogen and oxygen atoms in total. The first-order valence-corrected chi connectivity index (χ1v) is 4.27. The average Bonchev–Trinajstić information content (AvgIpc) is 2.53. The van der Waals surface area contributed by atoms with E-state index in [4.69, 9.17) is 11.6 Å². The van der Waals surface area contributed by atoms with Crippen LogP contribution in [0.25, 0.3) is 5.69 Å². The Morgan fingerprint density at radius 3 is 2.54 bits per heavy atom. The summed E-state index contributed by atoms with van der Waals surface area (Å²) in [4.78, 5) is 0. The van der Waals surface area contributed by atoms with Gasteiger partial charge in [-0.25, -0.2) is 0 Å². The minimum Gasteiger partial charge on any atom is -0.506 e. The van der Waals surface area contributed by atoms with E-state index in [2.05, 4.69) is 0 Å². The molecule has 1 aromatic heterocycles. The molecule has 1 heterocycles. The van der Waals surface area contributed by atoms with Crippen molar-refractivity contribution in [2.45, 2.75) is 0 Å². The Morgan fingerprint density at radius 2 is 1.92 bits per heavy atom. The fourth-order valence-corrected chi connectivity index (χ4v) is 1.36. The van der Waals surface area contributed by atoms with Gasteiger partial charge in [0.25, 0.3) is 0 Å². The van der Waals surface area contributed by atoms with E-state index in [1.54, 1.807) is 35.2 Å². The summed E-state index contributed by atoms with van der Waals surface area (Å²) < 4.78 is 1.78. The van der Waals surface area contributed by atoms with Gasteiger partial charge in [-0.15, -0.1) is 0 Å². The Kier molecular flexibility index (Phi) is 1.99. The van der Waals surface area contributed by atoms with Gasteiger partial charge in [0.15, 0.2) is 0 Å². The number of halogens is 1. The number of aromatic hydroxyl groups is 1. The molecule has 2 aromatic rings. The largest absolute Gasteiger partial charge is 0.506 e. The van der Waals surface area contributed by atoms with Crippen molar-refractivity contribution < 1.29 is 5.11 Å². The highest BCUT2D eigenvalue weighted by molar-refractivity contribution is 6.30. The van der Waals surface area contributed by atoms with Crippen LogP contribution in [0.15, 0.2) is 42.7 Å². The molecule has 0 aliphatic heterocycles. The van der Waals surface area contributed by atoms with Gasteiger partial charge in [0, 0.05) is 12.4 Å². The summed E-state index contributed by atoms with van der Waals surface area (Å²) in [7, 11) is 0. The molecule has 0 spiro atoms. The van der Waals surface area contributed by atoms with Crippen molar-refractivity contribution in [2.75, 3.05) is 0 Å². The summed E-state index contributed by atoms with van der Waals surface area (Å²) in [6, 6.07) is 8.88. The molecule has 0 amide bonds. The van der Waals surface area contributed by atoms with Crippen molar-refractivity contribution in [2.24, 2.45) is 0 Å². The lowest BCUT2D eigenvalue weighted by Crippen LogP contribution is -1.88. The molecule has 0 aliphatic rings. The van der Waals surface area contributed by atoms with Gasteiger partial charge in [0.1, 0.15) is 5.75 Å². The van der Waals surface area contributed by atoms with Crippen LogP contribution in [0.3, 0.4) is 0 Å². The second kappa shape index (κ2) is 3.15. The summed E-state index contributed by atoms with van der Waals surface area (Å²) >= 11 is 5.76. The number of phenols is 1. The number of benzene rings is 1. The predicted octanol–water partition coefficient (Wildman–Crippen LogP) is 2.84. The summed E-state index contributed by atoms with van der Waals surface area (Å²) in [5.74, 6) is 0.245. The van der Waals surface area contributed by atoms with Crippen LogP contribution in [0.4, 0.5) is 0 Å². The molecule has 3 heteroatoms. The zero-order chi connectivity index (χ0) is 9.26. The topological polar surface area (TPSA) is 25.2 Å². The molecule has 0 fully saturated rings.